The normalized spacial score (nSPS) is 15.5. The molecule has 28 heavy (non-hydrogen) atoms. The molecule has 1 amide bonds. The minimum atomic E-state index is -0.664. The number of carbonyl (C=O) groups excluding carboxylic acids is 1. The third kappa shape index (κ3) is 3.97. The van der Waals surface area contributed by atoms with Crippen LogP contribution in [-0.2, 0) is 16.1 Å². The molecule has 0 aliphatic heterocycles. The highest BCUT2D eigenvalue weighted by Gasteiger charge is 2.43. The number of thioether (sulfide) groups is 1. The molecule has 1 heterocycles. The summed E-state index contributed by atoms with van der Waals surface area (Å²) in [6.45, 7) is 0. The zero-order chi connectivity index (χ0) is 19.4. The molecule has 4 rings (SSSR count). The summed E-state index contributed by atoms with van der Waals surface area (Å²) < 4.78 is 15.6. The number of halogens is 1. The van der Waals surface area contributed by atoms with Gasteiger partial charge in [-0.25, -0.2) is 4.39 Å². The molecule has 3 aromatic rings. The molecular formula is C22H22FN3OS. The number of amides is 1. The molecule has 0 radical (unpaired) electrons. The molecule has 0 unspecified atom stereocenters. The van der Waals surface area contributed by atoms with E-state index < -0.39 is 5.41 Å². The van der Waals surface area contributed by atoms with Crippen LogP contribution in [0.25, 0.3) is 0 Å². The summed E-state index contributed by atoms with van der Waals surface area (Å²) in [6, 6.07) is 16.5. The van der Waals surface area contributed by atoms with Gasteiger partial charge in [0.25, 0.3) is 0 Å². The Labute approximate surface area is 168 Å². The molecule has 6 heteroatoms. The first-order chi connectivity index (χ1) is 13.7. The van der Waals surface area contributed by atoms with E-state index in [1.807, 2.05) is 30.5 Å². The van der Waals surface area contributed by atoms with Crippen molar-refractivity contribution in [2.45, 2.75) is 41.9 Å². The first-order valence-corrected chi connectivity index (χ1v) is 10.4. The highest BCUT2D eigenvalue weighted by Crippen LogP contribution is 2.42. The van der Waals surface area contributed by atoms with Crippen LogP contribution in [0.2, 0.25) is 0 Å². The molecule has 0 atom stereocenters. The van der Waals surface area contributed by atoms with E-state index in [0.29, 0.717) is 11.6 Å². The van der Waals surface area contributed by atoms with E-state index in [0.717, 1.165) is 31.2 Å². The molecule has 0 saturated heterocycles. The number of nitrogens with zero attached hydrogens (tertiary/aromatic N) is 2. The van der Waals surface area contributed by atoms with Gasteiger partial charge in [-0.1, -0.05) is 43.2 Å². The zero-order valence-electron chi connectivity index (χ0n) is 15.5. The number of anilines is 1. The predicted molar refractivity (Wildman–Crippen MR) is 110 cm³/mol. The molecule has 0 spiro atoms. The third-order valence-corrected chi connectivity index (χ3v) is 6.27. The fourth-order valence-corrected chi connectivity index (χ4v) is 4.59. The van der Waals surface area contributed by atoms with Crippen LogP contribution in [0.1, 0.15) is 31.2 Å². The summed E-state index contributed by atoms with van der Waals surface area (Å²) in [5, 5.41) is 7.35. The minimum Gasteiger partial charge on any atom is -0.323 e. The standard InChI is InChI=1S/C22H22FN3OS/c23-18-8-6-7-17(13-18)22(11-4-5-12-22)21(27)25-19-14-24-26(15-19)16-28-20-9-2-1-3-10-20/h1-3,6-10,13-15H,4-5,11-12,16H2,(H,25,27). The van der Waals surface area contributed by atoms with Crippen molar-refractivity contribution in [1.82, 2.24) is 9.78 Å². The summed E-state index contributed by atoms with van der Waals surface area (Å²) in [5.74, 6) is 0.280. The second-order valence-electron chi connectivity index (χ2n) is 7.11. The molecule has 1 N–H and O–H groups in total. The van der Waals surface area contributed by atoms with Gasteiger partial charge in [-0.05, 0) is 42.7 Å². The number of hydrogen-bond acceptors (Lipinski definition) is 3. The van der Waals surface area contributed by atoms with Crippen LogP contribution < -0.4 is 5.32 Å². The minimum absolute atomic E-state index is 0.0779. The van der Waals surface area contributed by atoms with Gasteiger partial charge < -0.3 is 5.32 Å². The Morgan fingerprint density at radius 2 is 1.93 bits per heavy atom. The zero-order valence-corrected chi connectivity index (χ0v) is 16.3. The average molecular weight is 396 g/mol. The summed E-state index contributed by atoms with van der Waals surface area (Å²) in [7, 11) is 0. The lowest BCUT2D eigenvalue weighted by Gasteiger charge is -2.28. The van der Waals surface area contributed by atoms with Crippen LogP contribution in [0, 0.1) is 5.82 Å². The Kier molecular flexibility index (Phi) is 5.48. The van der Waals surface area contributed by atoms with Gasteiger partial charge in [0.1, 0.15) is 5.82 Å². The van der Waals surface area contributed by atoms with E-state index in [9.17, 15) is 9.18 Å². The monoisotopic (exact) mass is 395 g/mol. The molecule has 1 fully saturated rings. The van der Waals surface area contributed by atoms with Crippen LogP contribution in [0.4, 0.5) is 10.1 Å². The Balaban J connectivity index is 1.46. The van der Waals surface area contributed by atoms with Gasteiger partial charge in [0, 0.05) is 11.1 Å². The van der Waals surface area contributed by atoms with Crippen LogP contribution in [-0.4, -0.2) is 15.7 Å². The topological polar surface area (TPSA) is 46.9 Å². The molecule has 1 aliphatic carbocycles. The van der Waals surface area contributed by atoms with E-state index >= 15 is 0 Å². The highest BCUT2D eigenvalue weighted by atomic mass is 32.2. The Morgan fingerprint density at radius 1 is 1.14 bits per heavy atom. The molecule has 2 aromatic carbocycles. The van der Waals surface area contributed by atoms with Gasteiger partial charge in [-0.3, -0.25) is 9.48 Å². The first-order valence-electron chi connectivity index (χ1n) is 9.44. The maximum Gasteiger partial charge on any atom is 0.235 e. The maximum atomic E-state index is 13.8. The number of aromatic nitrogens is 2. The van der Waals surface area contributed by atoms with E-state index in [-0.39, 0.29) is 11.7 Å². The lowest BCUT2D eigenvalue weighted by atomic mass is 9.78. The predicted octanol–water partition coefficient (Wildman–Crippen LogP) is 5.22. The summed E-state index contributed by atoms with van der Waals surface area (Å²) in [5.41, 5.74) is 0.763. The fourth-order valence-electron chi connectivity index (χ4n) is 3.82. The van der Waals surface area contributed by atoms with Crippen molar-refractivity contribution in [3.63, 3.8) is 0 Å². The van der Waals surface area contributed by atoms with Gasteiger partial charge in [-0.15, -0.1) is 11.8 Å². The Bertz CT molecular complexity index is 951. The van der Waals surface area contributed by atoms with Crippen molar-refractivity contribution in [3.05, 3.63) is 78.4 Å². The van der Waals surface area contributed by atoms with E-state index in [4.69, 9.17) is 0 Å². The van der Waals surface area contributed by atoms with E-state index in [1.54, 1.807) is 28.7 Å². The molecule has 4 nitrogen and oxygen atoms in total. The Morgan fingerprint density at radius 3 is 2.68 bits per heavy atom. The molecule has 1 saturated carbocycles. The van der Waals surface area contributed by atoms with Crippen LogP contribution in [0.15, 0.2) is 71.9 Å². The van der Waals surface area contributed by atoms with Crippen LogP contribution >= 0.6 is 11.8 Å². The quantitative estimate of drug-likeness (QED) is 0.582. The van der Waals surface area contributed by atoms with Gasteiger partial charge in [0.15, 0.2) is 0 Å². The van der Waals surface area contributed by atoms with Crippen molar-refractivity contribution in [3.8, 4) is 0 Å². The second-order valence-corrected chi connectivity index (χ2v) is 8.13. The van der Waals surface area contributed by atoms with Gasteiger partial charge in [-0.2, -0.15) is 5.10 Å². The molecule has 1 aliphatic rings. The number of rotatable bonds is 6. The summed E-state index contributed by atoms with van der Waals surface area (Å²) in [4.78, 5) is 14.3. The lowest BCUT2D eigenvalue weighted by molar-refractivity contribution is -0.121. The summed E-state index contributed by atoms with van der Waals surface area (Å²) >= 11 is 1.67. The van der Waals surface area contributed by atoms with Gasteiger partial charge in [0.05, 0.1) is 23.2 Å². The van der Waals surface area contributed by atoms with Crippen LogP contribution in [0.3, 0.4) is 0 Å². The fraction of sp³-hybridized carbons (Fsp3) is 0.273. The SMILES string of the molecule is O=C(Nc1cnn(CSc2ccccc2)c1)C1(c2cccc(F)c2)CCCC1. The van der Waals surface area contributed by atoms with E-state index in [1.165, 1.54) is 17.0 Å². The van der Waals surface area contributed by atoms with Crippen molar-refractivity contribution >= 4 is 23.4 Å². The largest absolute Gasteiger partial charge is 0.323 e. The molecule has 144 valence electrons. The molecular weight excluding hydrogens is 373 g/mol. The summed E-state index contributed by atoms with van der Waals surface area (Å²) in [6.07, 6.45) is 6.91. The first kappa shape index (κ1) is 18.7. The number of carbonyl (C=O) groups is 1. The van der Waals surface area contributed by atoms with Gasteiger partial charge in [0.2, 0.25) is 5.91 Å². The highest BCUT2D eigenvalue weighted by molar-refractivity contribution is 7.98. The third-order valence-electron chi connectivity index (χ3n) is 5.27. The smallest absolute Gasteiger partial charge is 0.235 e. The van der Waals surface area contributed by atoms with Crippen LogP contribution in [0.5, 0.6) is 0 Å². The average Bonchev–Trinajstić information content (AvgIpc) is 3.38. The second kappa shape index (κ2) is 8.19. The number of benzene rings is 2. The maximum absolute atomic E-state index is 13.8. The van der Waals surface area contributed by atoms with Gasteiger partial charge >= 0.3 is 0 Å². The van der Waals surface area contributed by atoms with Crippen molar-refractivity contribution in [2.24, 2.45) is 0 Å². The Hall–Kier alpha value is -2.60. The van der Waals surface area contributed by atoms with E-state index in [2.05, 4.69) is 22.5 Å². The van der Waals surface area contributed by atoms with Crippen molar-refractivity contribution in [2.75, 3.05) is 5.32 Å². The van der Waals surface area contributed by atoms with Crippen molar-refractivity contribution < 1.29 is 9.18 Å². The number of nitrogens with one attached hydrogen (secondary N) is 1. The van der Waals surface area contributed by atoms with Crippen molar-refractivity contribution in [1.29, 1.82) is 0 Å². The molecule has 0 bridgehead atoms. The number of hydrogen-bond donors (Lipinski definition) is 1. The lowest BCUT2D eigenvalue weighted by Crippen LogP contribution is -2.38. The molecule has 1 aromatic heterocycles.